The van der Waals surface area contributed by atoms with E-state index >= 15 is 0 Å². The Morgan fingerprint density at radius 1 is 0.840 bits per heavy atom. The molecule has 0 radical (unpaired) electrons. The Kier molecular flexibility index (Phi) is 12.6. The molecule has 2 amide bonds. The van der Waals surface area contributed by atoms with Gasteiger partial charge < -0.3 is 19.7 Å². The summed E-state index contributed by atoms with van der Waals surface area (Å²) in [6, 6.07) is 27.5. The molecule has 0 aliphatic heterocycles. The average molecular weight is 763 g/mol. The molecule has 264 valence electrons. The van der Waals surface area contributed by atoms with Gasteiger partial charge in [0.15, 0.2) is 11.5 Å². The SMILES string of the molecule is COc1ccc(S(=O)(=O)N(CC(=O)N(Cc2cccc(Br)c2)C(Cc2ccccc2)C(=O)NC2CCCCC2)c2ccc(C)cc2)cc1OC. The fraction of sp³-hybridized carbons (Fsp3) is 0.333. The van der Waals surface area contributed by atoms with Crippen molar-refractivity contribution in [1.82, 2.24) is 10.2 Å². The first-order valence-corrected chi connectivity index (χ1v) is 19.0. The maximum absolute atomic E-state index is 14.8. The number of ether oxygens (including phenoxy) is 2. The first-order chi connectivity index (χ1) is 24.1. The number of carbonyl (C=O) groups is 2. The van der Waals surface area contributed by atoms with Crippen LogP contribution >= 0.6 is 15.9 Å². The predicted octanol–water partition coefficient (Wildman–Crippen LogP) is 7.06. The van der Waals surface area contributed by atoms with Crippen molar-refractivity contribution in [3.05, 3.63) is 118 Å². The average Bonchev–Trinajstić information content (AvgIpc) is 3.12. The number of anilines is 1. The van der Waals surface area contributed by atoms with Gasteiger partial charge in [0.2, 0.25) is 11.8 Å². The number of hydrogen-bond donors (Lipinski definition) is 1. The van der Waals surface area contributed by atoms with Crippen molar-refractivity contribution in [1.29, 1.82) is 0 Å². The summed E-state index contributed by atoms with van der Waals surface area (Å²) in [5.74, 6) is -0.164. The van der Waals surface area contributed by atoms with Crippen LogP contribution in [0.3, 0.4) is 0 Å². The molecule has 1 unspecified atom stereocenters. The van der Waals surface area contributed by atoms with E-state index in [2.05, 4.69) is 21.2 Å². The van der Waals surface area contributed by atoms with Crippen LogP contribution in [0.15, 0.2) is 106 Å². The molecule has 1 atom stereocenters. The number of amides is 2. The predicted molar refractivity (Wildman–Crippen MR) is 199 cm³/mol. The second-order valence-electron chi connectivity index (χ2n) is 12.6. The van der Waals surface area contributed by atoms with Crippen molar-refractivity contribution in [2.45, 2.75) is 69.0 Å². The van der Waals surface area contributed by atoms with Crippen LogP contribution < -0.4 is 19.1 Å². The van der Waals surface area contributed by atoms with E-state index in [1.165, 1.54) is 37.3 Å². The van der Waals surface area contributed by atoms with Crippen molar-refractivity contribution in [2.24, 2.45) is 0 Å². The molecular formula is C39H44BrN3O6S. The summed E-state index contributed by atoms with van der Waals surface area (Å²) in [5.41, 5.74) is 2.92. The molecule has 1 saturated carbocycles. The van der Waals surface area contributed by atoms with Crippen LogP contribution in [-0.2, 0) is 32.6 Å². The molecule has 0 aromatic heterocycles. The highest BCUT2D eigenvalue weighted by Gasteiger charge is 2.35. The monoisotopic (exact) mass is 761 g/mol. The Bertz CT molecular complexity index is 1860. The summed E-state index contributed by atoms with van der Waals surface area (Å²) < 4.78 is 41.6. The summed E-state index contributed by atoms with van der Waals surface area (Å²) in [6.07, 6.45) is 5.23. The number of carbonyl (C=O) groups excluding carboxylic acids is 2. The number of benzene rings is 4. The number of nitrogens with zero attached hydrogens (tertiary/aromatic N) is 2. The summed E-state index contributed by atoms with van der Waals surface area (Å²) in [7, 11) is -1.42. The third kappa shape index (κ3) is 9.25. The molecule has 5 rings (SSSR count). The first kappa shape index (κ1) is 36.9. The molecule has 1 aliphatic rings. The van der Waals surface area contributed by atoms with Gasteiger partial charge in [0.25, 0.3) is 10.0 Å². The molecule has 0 heterocycles. The van der Waals surface area contributed by atoms with Crippen LogP contribution in [0.5, 0.6) is 11.5 Å². The first-order valence-electron chi connectivity index (χ1n) is 16.8. The smallest absolute Gasteiger partial charge is 0.264 e. The van der Waals surface area contributed by atoms with Gasteiger partial charge in [-0.05, 0) is 67.3 Å². The Labute approximate surface area is 303 Å². The second kappa shape index (κ2) is 17.0. The van der Waals surface area contributed by atoms with Crippen molar-refractivity contribution < 1.29 is 27.5 Å². The Morgan fingerprint density at radius 2 is 1.52 bits per heavy atom. The van der Waals surface area contributed by atoms with Crippen molar-refractivity contribution in [3.8, 4) is 11.5 Å². The van der Waals surface area contributed by atoms with Gasteiger partial charge >= 0.3 is 0 Å². The largest absolute Gasteiger partial charge is 0.493 e. The Balaban J connectivity index is 1.58. The highest BCUT2D eigenvalue weighted by Crippen LogP contribution is 2.33. The summed E-state index contributed by atoms with van der Waals surface area (Å²) in [6.45, 7) is 1.45. The van der Waals surface area contributed by atoms with Crippen LogP contribution in [0.2, 0.25) is 0 Å². The normalized spacial score (nSPS) is 14.0. The maximum atomic E-state index is 14.8. The number of methoxy groups -OCH3 is 2. The summed E-state index contributed by atoms with van der Waals surface area (Å²) in [5, 5.41) is 3.24. The lowest BCUT2D eigenvalue weighted by Gasteiger charge is -2.35. The zero-order valence-electron chi connectivity index (χ0n) is 28.7. The summed E-state index contributed by atoms with van der Waals surface area (Å²) >= 11 is 3.54. The number of sulfonamides is 1. The fourth-order valence-electron chi connectivity index (χ4n) is 6.27. The number of hydrogen-bond acceptors (Lipinski definition) is 6. The molecule has 1 aliphatic carbocycles. The van der Waals surface area contributed by atoms with Crippen LogP contribution in [0.4, 0.5) is 5.69 Å². The quantitative estimate of drug-likeness (QED) is 0.148. The lowest BCUT2D eigenvalue weighted by molar-refractivity contribution is -0.140. The third-order valence-corrected chi connectivity index (χ3v) is 11.3. The molecular weight excluding hydrogens is 718 g/mol. The molecule has 4 aromatic carbocycles. The lowest BCUT2D eigenvalue weighted by Crippen LogP contribution is -2.55. The highest BCUT2D eigenvalue weighted by atomic mass is 79.9. The minimum atomic E-state index is -4.32. The topological polar surface area (TPSA) is 105 Å². The van der Waals surface area contributed by atoms with E-state index in [4.69, 9.17) is 9.47 Å². The van der Waals surface area contributed by atoms with E-state index < -0.39 is 28.5 Å². The van der Waals surface area contributed by atoms with E-state index in [-0.39, 0.29) is 35.6 Å². The van der Waals surface area contributed by atoms with E-state index in [0.29, 0.717) is 11.4 Å². The number of rotatable bonds is 14. The van der Waals surface area contributed by atoms with Gasteiger partial charge in [0.05, 0.1) is 24.8 Å². The molecule has 50 heavy (non-hydrogen) atoms. The lowest BCUT2D eigenvalue weighted by atomic mass is 9.94. The molecule has 1 N–H and O–H groups in total. The van der Waals surface area contributed by atoms with E-state index in [1.807, 2.05) is 61.5 Å². The molecule has 1 fully saturated rings. The van der Waals surface area contributed by atoms with Crippen LogP contribution in [0, 0.1) is 6.92 Å². The van der Waals surface area contributed by atoms with E-state index in [1.54, 1.807) is 24.3 Å². The van der Waals surface area contributed by atoms with Crippen LogP contribution in [-0.4, -0.2) is 58.0 Å². The minimum Gasteiger partial charge on any atom is -0.493 e. The van der Waals surface area contributed by atoms with Crippen LogP contribution in [0.1, 0.15) is 48.8 Å². The van der Waals surface area contributed by atoms with Gasteiger partial charge in [-0.2, -0.15) is 0 Å². The van der Waals surface area contributed by atoms with Crippen molar-refractivity contribution >= 4 is 43.5 Å². The third-order valence-electron chi connectivity index (χ3n) is 9.01. The van der Waals surface area contributed by atoms with Crippen molar-refractivity contribution in [3.63, 3.8) is 0 Å². The van der Waals surface area contributed by atoms with Gasteiger partial charge in [-0.3, -0.25) is 13.9 Å². The van der Waals surface area contributed by atoms with Gasteiger partial charge in [0, 0.05) is 29.5 Å². The Morgan fingerprint density at radius 3 is 2.18 bits per heavy atom. The zero-order valence-corrected chi connectivity index (χ0v) is 31.1. The van der Waals surface area contributed by atoms with E-state index in [0.717, 1.165) is 57.6 Å². The second-order valence-corrected chi connectivity index (χ2v) is 15.3. The van der Waals surface area contributed by atoms with Gasteiger partial charge in [-0.1, -0.05) is 95.4 Å². The maximum Gasteiger partial charge on any atom is 0.264 e. The number of aryl methyl sites for hydroxylation is 1. The molecule has 0 spiro atoms. The Hall–Kier alpha value is -4.35. The number of nitrogens with one attached hydrogen (secondary N) is 1. The molecule has 0 bridgehead atoms. The zero-order chi connectivity index (χ0) is 35.7. The molecule has 11 heteroatoms. The van der Waals surface area contributed by atoms with Crippen LogP contribution in [0.25, 0.3) is 0 Å². The van der Waals surface area contributed by atoms with Crippen molar-refractivity contribution in [2.75, 3.05) is 25.1 Å². The minimum absolute atomic E-state index is 0.0202. The van der Waals surface area contributed by atoms with Gasteiger partial charge in [0.1, 0.15) is 12.6 Å². The van der Waals surface area contributed by atoms with Gasteiger partial charge in [-0.25, -0.2) is 8.42 Å². The number of halogens is 1. The molecule has 9 nitrogen and oxygen atoms in total. The molecule has 4 aromatic rings. The van der Waals surface area contributed by atoms with Gasteiger partial charge in [-0.15, -0.1) is 0 Å². The molecule has 0 saturated heterocycles. The van der Waals surface area contributed by atoms with E-state index in [9.17, 15) is 18.0 Å². The fourth-order valence-corrected chi connectivity index (χ4v) is 8.15. The highest BCUT2D eigenvalue weighted by molar-refractivity contribution is 9.10. The summed E-state index contributed by atoms with van der Waals surface area (Å²) in [4.78, 5) is 30.5. The standard InChI is InChI=1S/C39H44BrN3O6S/c1-28-17-19-33(20-18-28)43(50(46,47)34-21-22-36(48-2)37(25-34)49-3)27-38(44)42(26-30-13-10-14-31(40)23-30)35(24-29-11-6-4-7-12-29)39(45)41-32-15-8-5-9-16-32/h4,6-7,10-14,17-23,25,32,35H,5,8-9,15-16,24,26-27H2,1-3H3,(H,41,45).